The normalized spacial score (nSPS) is 22.1. The molecular weight excluding hydrogens is 459 g/mol. The zero-order chi connectivity index (χ0) is 23.7. The van der Waals surface area contributed by atoms with Gasteiger partial charge in [-0.3, -0.25) is 4.79 Å². The molecule has 1 aliphatic carbocycles. The molecule has 0 radical (unpaired) electrons. The van der Waals surface area contributed by atoms with Crippen molar-refractivity contribution in [2.75, 3.05) is 5.32 Å². The van der Waals surface area contributed by atoms with Crippen molar-refractivity contribution in [3.8, 4) is 11.3 Å². The number of fused-ring (bicyclic) bond motifs is 2. The Morgan fingerprint density at radius 3 is 2.71 bits per heavy atom. The maximum Gasteiger partial charge on any atom is 0.234 e. The van der Waals surface area contributed by atoms with Crippen molar-refractivity contribution in [3.05, 3.63) is 101 Å². The van der Waals surface area contributed by atoms with E-state index < -0.39 is 5.41 Å². The van der Waals surface area contributed by atoms with E-state index in [-0.39, 0.29) is 23.7 Å². The van der Waals surface area contributed by atoms with Gasteiger partial charge in [-0.15, -0.1) is 11.3 Å². The van der Waals surface area contributed by atoms with Crippen molar-refractivity contribution < 1.29 is 9.18 Å². The molecular formula is C28H21FN4OS. The van der Waals surface area contributed by atoms with E-state index in [0.717, 1.165) is 22.5 Å². The highest BCUT2D eigenvalue weighted by molar-refractivity contribution is 7.14. The van der Waals surface area contributed by atoms with Crippen LogP contribution in [0.1, 0.15) is 42.3 Å². The summed E-state index contributed by atoms with van der Waals surface area (Å²) in [4.78, 5) is 23.1. The molecule has 0 saturated heterocycles. The standard InChI is InChI=1S/C28H21FN4OS/c1-28(14-21-17-7-3-5-9-20(17)24(28)33-13-12-30-25(21)33)26(34)32-27-31-23(15-35-27)19-10-11-22(29)18-8-4-2-6-16(18)19/h2-13,15,21,24H,14H2,1H3,(H,31,32,34). The molecule has 2 bridgehead atoms. The average molecular weight is 481 g/mol. The molecule has 0 spiro atoms. The van der Waals surface area contributed by atoms with E-state index in [2.05, 4.69) is 33.1 Å². The van der Waals surface area contributed by atoms with Crippen LogP contribution in [0.4, 0.5) is 9.52 Å². The van der Waals surface area contributed by atoms with Crippen molar-refractivity contribution in [2.24, 2.45) is 5.41 Å². The molecule has 1 amide bonds. The van der Waals surface area contributed by atoms with E-state index in [4.69, 9.17) is 4.98 Å². The zero-order valence-electron chi connectivity index (χ0n) is 18.9. The number of rotatable bonds is 3. The van der Waals surface area contributed by atoms with E-state index in [9.17, 15) is 9.18 Å². The molecule has 5 aromatic rings. The van der Waals surface area contributed by atoms with E-state index in [1.165, 1.54) is 28.5 Å². The Balaban J connectivity index is 1.23. The molecule has 3 aromatic carbocycles. The maximum atomic E-state index is 14.3. The first kappa shape index (κ1) is 20.5. The lowest BCUT2D eigenvalue weighted by Crippen LogP contribution is -2.50. The minimum absolute atomic E-state index is 0.0498. The van der Waals surface area contributed by atoms with Gasteiger partial charge >= 0.3 is 0 Å². The van der Waals surface area contributed by atoms with Crippen LogP contribution in [-0.2, 0) is 4.79 Å². The molecule has 0 fully saturated rings. The number of halogens is 1. The molecule has 1 N–H and O–H groups in total. The molecule has 7 heteroatoms. The fraction of sp³-hybridized carbons (Fsp3) is 0.179. The second kappa shape index (κ2) is 7.33. The Bertz CT molecular complexity index is 1640. The van der Waals surface area contributed by atoms with Crippen molar-refractivity contribution in [3.63, 3.8) is 0 Å². The number of imidazole rings is 1. The first-order valence-electron chi connectivity index (χ1n) is 11.6. The van der Waals surface area contributed by atoms with Gasteiger partial charge in [-0.2, -0.15) is 0 Å². The highest BCUT2D eigenvalue weighted by Gasteiger charge is 2.54. The van der Waals surface area contributed by atoms with Crippen LogP contribution >= 0.6 is 11.3 Å². The van der Waals surface area contributed by atoms with Crippen molar-refractivity contribution in [1.82, 2.24) is 14.5 Å². The molecule has 5 nitrogen and oxygen atoms in total. The molecule has 0 saturated carbocycles. The summed E-state index contributed by atoms with van der Waals surface area (Å²) in [6.45, 7) is 2.04. The molecule has 172 valence electrons. The van der Waals surface area contributed by atoms with Gasteiger partial charge in [-0.05, 0) is 42.0 Å². The molecule has 3 unspecified atom stereocenters. The summed E-state index contributed by atoms with van der Waals surface area (Å²) in [6, 6.07) is 18.8. The molecule has 2 aromatic heterocycles. The Morgan fingerprint density at radius 1 is 1.09 bits per heavy atom. The Hall–Kier alpha value is -3.84. The van der Waals surface area contributed by atoms with Crippen LogP contribution in [0.3, 0.4) is 0 Å². The van der Waals surface area contributed by atoms with Gasteiger partial charge in [0.15, 0.2) is 5.13 Å². The topological polar surface area (TPSA) is 59.8 Å². The van der Waals surface area contributed by atoms with Crippen LogP contribution < -0.4 is 5.32 Å². The van der Waals surface area contributed by atoms with Gasteiger partial charge in [-0.1, -0.05) is 48.5 Å². The predicted octanol–water partition coefficient (Wildman–Crippen LogP) is 6.38. The number of hydrogen-bond acceptors (Lipinski definition) is 4. The highest BCUT2D eigenvalue weighted by Crippen LogP contribution is 2.57. The van der Waals surface area contributed by atoms with Crippen LogP contribution in [0.5, 0.6) is 0 Å². The van der Waals surface area contributed by atoms with Gasteiger partial charge in [0.2, 0.25) is 5.91 Å². The van der Waals surface area contributed by atoms with E-state index in [1.54, 1.807) is 12.1 Å². The molecule has 8 rings (SSSR count). The number of thiazole rings is 1. The van der Waals surface area contributed by atoms with Gasteiger partial charge in [0.1, 0.15) is 11.6 Å². The summed E-state index contributed by atoms with van der Waals surface area (Å²) < 4.78 is 16.4. The minimum atomic E-state index is -0.652. The summed E-state index contributed by atoms with van der Waals surface area (Å²) in [5.41, 5.74) is 3.37. The smallest absolute Gasteiger partial charge is 0.234 e. The Labute approximate surface area is 205 Å². The number of aromatic nitrogens is 3. The third-order valence-electron chi connectivity index (χ3n) is 7.58. The Morgan fingerprint density at radius 2 is 1.86 bits per heavy atom. The van der Waals surface area contributed by atoms with Gasteiger partial charge in [0, 0.05) is 34.6 Å². The lowest BCUT2D eigenvalue weighted by molar-refractivity contribution is -0.128. The molecule has 4 heterocycles. The maximum absolute atomic E-state index is 14.3. The van der Waals surface area contributed by atoms with E-state index >= 15 is 0 Å². The number of amides is 1. The van der Waals surface area contributed by atoms with E-state index in [1.807, 2.05) is 49.0 Å². The van der Waals surface area contributed by atoms with Crippen LogP contribution in [-0.4, -0.2) is 20.4 Å². The lowest BCUT2D eigenvalue weighted by atomic mass is 9.61. The van der Waals surface area contributed by atoms with Gasteiger partial charge in [-0.25, -0.2) is 14.4 Å². The van der Waals surface area contributed by atoms with Gasteiger partial charge in [0.05, 0.1) is 17.2 Å². The number of benzene rings is 3. The van der Waals surface area contributed by atoms with Crippen LogP contribution in [0.25, 0.3) is 22.0 Å². The number of hydrogen-bond donors (Lipinski definition) is 1. The SMILES string of the molecule is CC1(C(=O)Nc2nc(-c3ccc(F)c4ccccc34)cs2)CC2c3ccccc3C1n1ccnc12. The van der Waals surface area contributed by atoms with Crippen LogP contribution in [0, 0.1) is 11.2 Å². The zero-order valence-corrected chi connectivity index (χ0v) is 19.7. The first-order chi connectivity index (χ1) is 17.0. The number of carbonyl (C=O) groups excluding carboxylic acids is 1. The Kier molecular flexibility index (Phi) is 4.30. The van der Waals surface area contributed by atoms with Crippen LogP contribution in [0.2, 0.25) is 0 Å². The summed E-state index contributed by atoms with van der Waals surface area (Å²) in [5, 5.41) is 6.92. The fourth-order valence-electron chi connectivity index (χ4n) is 5.96. The highest BCUT2D eigenvalue weighted by atomic mass is 32.1. The van der Waals surface area contributed by atoms with E-state index in [0.29, 0.717) is 16.9 Å². The third-order valence-corrected chi connectivity index (χ3v) is 8.33. The van der Waals surface area contributed by atoms with Gasteiger partial charge < -0.3 is 9.88 Å². The molecule has 3 aliphatic rings. The second-order valence-corrected chi connectivity index (χ2v) is 10.4. The molecule has 3 atom stereocenters. The van der Waals surface area contributed by atoms with Crippen molar-refractivity contribution in [1.29, 1.82) is 0 Å². The molecule has 2 aliphatic heterocycles. The summed E-state index contributed by atoms with van der Waals surface area (Å²) in [6.07, 6.45) is 4.50. The quantitative estimate of drug-likeness (QED) is 0.326. The summed E-state index contributed by atoms with van der Waals surface area (Å²) in [7, 11) is 0. The third kappa shape index (κ3) is 2.88. The average Bonchev–Trinajstić information content (AvgIpc) is 3.55. The van der Waals surface area contributed by atoms with Crippen LogP contribution in [0.15, 0.2) is 78.4 Å². The van der Waals surface area contributed by atoms with Gasteiger partial charge in [0.25, 0.3) is 0 Å². The van der Waals surface area contributed by atoms with Crippen molar-refractivity contribution >= 4 is 33.1 Å². The number of anilines is 1. The summed E-state index contributed by atoms with van der Waals surface area (Å²) in [5.74, 6) is 0.803. The number of nitrogens with zero attached hydrogens (tertiary/aromatic N) is 3. The lowest BCUT2D eigenvalue weighted by Gasteiger charge is -2.49. The predicted molar refractivity (Wildman–Crippen MR) is 135 cm³/mol. The largest absolute Gasteiger partial charge is 0.326 e. The van der Waals surface area contributed by atoms with Crippen molar-refractivity contribution in [2.45, 2.75) is 25.3 Å². The minimum Gasteiger partial charge on any atom is -0.326 e. The second-order valence-electron chi connectivity index (χ2n) is 9.53. The monoisotopic (exact) mass is 480 g/mol. The number of nitrogens with one attached hydrogen (secondary N) is 1. The number of carbonyl (C=O) groups is 1. The first-order valence-corrected chi connectivity index (χ1v) is 12.5. The summed E-state index contributed by atoms with van der Waals surface area (Å²) >= 11 is 1.39. The fourth-order valence-corrected chi connectivity index (χ4v) is 6.67. The molecule has 35 heavy (non-hydrogen) atoms.